The molecule has 0 saturated heterocycles. The number of nitrogens with two attached hydrogens (primary N) is 1. The van der Waals surface area contributed by atoms with E-state index < -0.39 is 21.7 Å². The zero-order chi connectivity index (χ0) is 23.8. The van der Waals surface area contributed by atoms with Crippen molar-refractivity contribution in [2.75, 3.05) is 17.3 Å². The molecule has 0 fully saturated rings. The van der Waals surface area contributed by atoms with Gasteiger partial charge >= 0.3 is 0 Å². The number of pyridine rings is 2. The molecule has 166 valence electrons. The number of nitriles is 1. The van der Waals surface area contributed by atoms with Gasteiger partial charge < -0.3 is 11.1 Å². The molecule has 4 rings (SSSR count). The average molecular weight is 463 g/mol. The van der Waals surface area contributed by atoms with Crippen LogP contribution < -0.4 is 11.1 Å². The van der Waals surface area contributed by atoms with Crippen molar-refractivity contribution >= 4 is 32.4 Å². The van der Waals surface area contributed by atoms with E-state index in [1.54, 1.807) is 31.2 Å². The SMILES string of the molecule is CC(Nc1ncnc(N)c1C#N)c1nc2ccc(F)cc2cc1-c1cccc(S(C)(=O)=O)n1. The third-order valence-corrected chi connectivity index (χ3v) is 5.92. The van der Waals surface area contributed by atoms with E-state index in [-0.39, 0.29) is 22.2 Å². The fourth-order valence-electron chi connectivity index (χ4n) is 3.36. The van der Waals surface area contributed by atoms with E-state index >= 15 is 0 Å². The van der Waals surface area contributed by atoms with Gasteiger partial charge in [0.05, 0.1) is 22.9 Å². The van der Waals surface area contributed by atoms with Crippen LogP contribution in [0.25, 0.3) is 22.2 Å². The lowest BCUT2D eigenvalue weighted by atomic mass is 10.0. The van der Waals surface area contributed by atoms with Crippen LogP contribution >= 0.6 is 0 Å². The normalized spacial score (nSPS) is 12.3. The number of hydrogen-bond acceptors (Lipinski definition) is 9. The van der Waals surface area contributed by atoms with Crippen LogP contribution in [0.3, 0.4) is 0 Å². The van der Waals surface area contributed by atoms with Crippen molar-refractivity contribution in [3.8, 4) is 17.3 Å². The second-order valence-electron chi connectivity index (χ2n) is 7.35. The third-order valence-electron chi connectivity index (χ3n) is 4.94. The van der Waals surface area contributed by atoms with Crippen molar-refractivity contribution in [1.82, 2.24) is 19.9 Å². The molecule has 3 aromatic heterocycles. The zero-order valence-electron chi connectivity index (χ0n) is 17.6. The van der Waals surface area contributed by atoms with Crippen molar-refractivity contribution in [2.24, 2.45) is 0 Å². The molecule has 0 amide bonds. The Morgan fingerprint density at radius 2 is 1.94 bits per heavy atom. The molecule has 4 aromatic rings. The number of nitrogens with zero attached hydrogens (tertiary/aromatic N) is 5. The lowest BCUT2D eigenvalue weighted by Crippen LogP contribution is -2.14. The molecule has 3 heterocycles. The Morgan fingerprint density at radius 1 is 1.15 bits per heavy atom. The first-order valence-electron chi connectivity index (χ1n) is 9.72. The van der Waals surface area contributed by atoms with Gasteiger partial charge in [0.25, 0.3) is 0 Å². The molecule has 1 unspecified atom stereocenters. The molecule has 0 aliphatic carbocycles. The predicted molar refractivity (Wildman–Crippen MR) is 121 cm³/mol. The molecule has 0 aliphatic heterocycles. The lowest BCUT2D eigenvalue weighted by molar-refractivity contribution is 0.598. The second-order valence-corrected chi connectivity index (χ2v) is 9.31. The summed E-state index contributed by atoms with van der Waals surface area (Å²) in [5, 5.41) is 13.0. The fraction of sp³-hybridized carbons (Fsp3) is 0.136. The smallest absolute Gasteiger partial charge is 0.192 e. The lowest BCUT2D eigenvalue weighted by Gasteiger charge is -2.19. The van der Waals surface area contributed by atoms with Crippen LogP contribution in [0, 0.1) is 17.1 Å². The molecule has 0 aliphatic rings. The first kappa shape index (κ1) is 22.0. The molecule has 0 spiro atoms. The van der Waals surface area contributed by atoms with E-state index in [4.69, 9.17) is 5.73 Å². The Kier molecular flexibility index (Phi) is 5.61. The molecule has 0 saturated carbocycles. The molecule has 1 atom stereocenters. The highest BCUT2D eigenvalue weighted by molar-refractivity contribution is 7.90. The summed E-state index contributed by atoms with van der Waals surface area (Å²) in [7, 11) is -3.55. The van der Waals surface area contributed by atoms with E-state index in [1.807, 2.05) is 6.07 Å². The molecule has 1 aromatic carbocycles. The van der Waals surface area contributed by atoms with E-state index in [0.29, 0.717) is 27.9 Å². The van der Waals surface area contributed by atoms with Crippen molar-refractivity contribution in [1.29, 1.82) is 5.26 Å². The molecule has 0 radical (unpaired) electrons. The number of nitrogen functional groups attached to an aromatic ring is 1. The maximum atomic E-state index is 13.9. The van der Waals surface area contributed by atoms with Gasteiger partial charge in [-0.25, -0.2) is 32.7 Å². The van der Waals surface area contributed by atoms with Crippen LogP contribution in [0.15, 0.2) is 53.8 Å². The van der Waals surface area contributed by atoms with E-state index in [0.717, 1.165) is 6.26 Å². The van der Waals surface area contributed by atoms with Gasteiger partial charge in [0.15, 0.2) is 14.9 Å². The van der Waals surface area contributed by atoms with Crippen LogP contribution in [0.2, 0.25) is 0 Å². The Bertz CT molecular complexity index is 1530. The first-order chi connectivity index (χ1) is 15.7. The standard InChI is InChI=1S/C22H18FN7O2S/c1-12(28-22-16(10-24)21(25)26-11-27-22)20-15(9-13-8-14(23)6-7-17(13)30-20)18-4-3-5-19(29-18)33(2,31)32/h3-9,11-12H,1-2H3,(H3,25,26,27,28). The number of anilines is 2. The molecule has 3 N–H and O–H groups in total. The van der Waals surface area contributed by atoms with Gasteiger partial charge in [-0.1, -0.05) is 6.07 Å². The van der Waals surface area contributed by atoms with Gasteiger partial charge in [-0.3, -0.25) is 0 Å². The number of hydrogen-bond donors (Lipinski definition) is 2. The summed E-state index contributed by atoms with van der Waals surface area (Å²) in [6.07, 6.45) is 2.31. The molecule has 9 nitrogen and oxygen atoms in total. The van der Waals surface area contributed by atoms with Crippen LogP contribution in [0.1, 0.15) is 24.2 Å². The van der Waals surface area contributed by atoms with E-state index in [1.165, 1.54) is 24.5 Å². The summed E-state index contributed by atoms with van der Waals surface area (Å²) in [5.41, 5.74) is 7.75. The molecular weight excluding hydrogens is 445 g/mol. The maximum Gasteiger partial charge on any atom is 0.192 e. The minimum Gasteiger partial charge on any atom is -0.382 e. The minimum atomic E-state index is -3.55. The van der Waals surface area contributed by atoms with Crippen molar-refractivity contribution in [3.05, 3.63) is 65.9 Å². The number of nitrogens with one attached hydrogen (secondary N) is 1. The van der Waals surface area contributed by atoms with Gasteiger partial charge in [-0.2, -0.15) is 5.26 Å². The summed E-state index contributed by atoms with van der Waals surface area (Å²) < 4.78 is 37.9. The topological polar surface area (TPSA) is 148 Å². The number of benzene rings is 1. The van der Waals surface area contributed by atoms with Gasteiger partial charge in [0.1, 0.15) is 35.4 Å². The third kappa shape index (κ3) is 4.42. The highest BCUT2D eigenvalue weighted by Gasteiger charge is 2.20. The maximum absolute atomic E-state index is 13.9. The molecule has 11 heteroatoms. The average Bonchev–Trinajstić information content (AvgIpc) is 2.78. The van der Waals surface area contributed by atoms with Crippen LogP contribution in [-0.2, 0) is 9.84 Å². The Balaban J connectivity index is 1.90. The number of rotatable bonds is 5. The van der Waals surface area contributed by atoms with Gasteiger partial charge in [-0.15, -0.1) is 0 Å². The highest BCUT2D eigenvalue weighted by Crippen LogP contribution is 2.32. The highest BCUT2D eigenvalue weighted by atomic mass is 32.2. The summed E-state index contributed by atoms with van der Waals surface area (Å²) in [4.78, 5) is 16.9. The zero-order valence-corrected chi connectivity index (χ0v) is 18.4. The Morgan fingerprint density at radius 3 is 2.67 bits per heavy atom. The van der Waals surface area contributed by atoms with Crippen LogP contribution in [0.4, 0.5) is 16.0 Å². The molecule has 0 bridgehead atoms. The second kappa shape index (κ2) is 8.40. The number of halogens is 1. The Hall–Kier alpha value is -4.17. The quantitative estimate of drug-likeness (QED) is 0.455. The Labute approximate surface area is 189 Å². The monoisotopic (exact) mass is 463 g/mol. The van der Waals surface area contributed by atoms with E-state index in [9.17, 15) is 18.1 Å². The number of sulfone groups is 1. The molecule has 33 heavy (non-hydrogen) atoms. The van der Waals surface area contributed by atoms with Crippen molar-refractivity contribution in [3.63, 3.8) is 0 Å². The van der Waals surface area contributed by atoms with Gasteiger partial charge in [-0.05, 0) is 43.3 Å². The van der Waals surface area contributed by atoms with Gasteiger partial charge in [0, 0.05) is 17.2 Å². The first-order valence-corrected chi connectivity index (χ1v) is 11.6. The summed E-state index contributed by atoms with van der Waals surface area (Å²) in [6, 6.07) is 12.0. The summed E-state index contributed by atoms with van der Waals surface area (Å²) in [5.74, 6) is -0.170. The minimum absolute atomic E-state index is 0.0342. The van der Waals surface area contributed by atoms with Crippen molar-refractivity contribution in [2.45, 2.75) is 18.0 Å². The molecular formula is C22H18FN7O2S. The number of aromatic nitrogens is 4. The van der Waals surface area contributed by atoms with Crippen LogP contribution in [0.5, 0.6) is 0 Å². The van der Waals surface area contributed by atoms with Crippen molar-refractivity contribution < 1.29 is 12.8 Å². The summed E-state index contributed by atoms with van der Waals surface area (Å²) >= 11 is 0. The summed E-state index contributed by atoms with van der Waals surface area (Å²) in [6.45, 7) is 1.79. The fourth-order valence-corrected chi connectivity index (χ4v) is 3.95. The van der Waals surface area contributed by atoms with Crippen LogP contribution in [-0.4, -0.2) is 34.6 Å². The number of fused-ring (bicyclic) bond motifs is 1. The van der Waals surface area contributed by atoms with E-state index in [2.05, 4.69) is 25.3 Å². The van der Waals surface area contributed by atoms with Gasteiger partial charge in [0.2, 0.25) is 0 Å². The predicted octanol–water partition coefficient (Wildman–Crippen LogP) is 3.26. The largest absolute Gasteiger partial charge is 0.382 e.